The first-order valence-electron chi connectivity index (χ1n) is 7.79. The molecule has 0 atom stereocenters. The summed E-state index contributed by atoms with van der Waals surface area (Å²) in [6, 6.07) is 9.32. The molecule has 0 radical (unpaired) electrons. The number of aliphatic carboxylic acids is 1. The molecule has 0 unspecified atom stereocenters. The Morgan fingerprint density at radius 2 is 1.70 bits per heavy atom. The molecular formula is C18H14FN4NaO3. The van der Waals surface area contributed by atoms with Gasteiger partial charge in [-0.25, -0.2) is 4.39 Å². The number of H-pyrrole nitrogens is 1. The molecule has 27 heavy (non-hydrogen) atoms. The van der Waals surface area contributed by atoms with Crippen LogP contribution in [0.25, 0.3) is 22.4 Å². The average molecular weight is 376 g/mol. The number of rotatable bonds is 6. The number of carboxylic acids is 1. The Morgan fingerprint density at radius 3 is 2.33 bits per heavy atom. The maximum absolute atomic E-state index is 13.2. The molecule has 3 rings (SSSR count). The second kappa shape index (κ2) is 9.40. The summed E-state index contributed by atoms with van der Waals surface area (Å²) in [6.45, 7) is 0. The Labute approximate surface area is 176 Å². The van der Waals surface area contributed by atoms with E-state index in [1.54, 1.807) is 36.7 Å². The molecule has 0 aliphatic rings. The number of anilines is 1. The molecule has 2 N–H and O–H groups in total. The van der Waals surface area contributed by atoms with Crippen molar-refractivity contribution in [2.45, 2.75) is 12.8 Å². The van der Waals surface area contributed by atoms with E-state index in [-0.39, 0.29) is 54.0 Å². The minimum atomic E-state index is -1.30. The van der Waals surface area contributed by atoms with Crippen molar-refractivity contribution in [1.82, 2.24) is 15.2 Å². The number of hydrogen-bond acceptors (Lipinski definition) is 5. The first-order valence-corrected chi connectivity index (χ1v) is 7.79. The molecule has 3 aromatic rings. The van der Waals surface area contributed by atoms with Gasteiger partial charge in [0.25, 0.3) is 0 Å². The Hall–Kier alpha value is -2.55. The molecule has 0 aliphatic heterocycles. The predicted molar refractivity (Wildman–Crippen MR) is 90.1 cm³/mol. The minimum absolute atomic E-state index is 0. The number of pyridine rings is 1. The molecule has 0 aliphatic carbocycles. The summed E-state index contributed by atoms with van der Waals surface area (Å²) in [7, 11) is 0. The van der Waals surface area contributed by atoms with Crippen LogP contribution in [0.15, 0.2) is 48.8 Å². The third kappa shape index (κ3) is 5.22. The van der Waals surface area contributed by atoms with Crippen molar-refractivity contribution in [1.29, 1.82) is 0 Å². The van der Waals surface area contributed by atoms with Gasteiger partial charge in [0.05, 0.1) is 11.3 Å². The number of carbonyl (C=O) groups excluding carboxylic acids is 2. The summed E-state index contributed by atoms with van der Waals surface area (Å²) in [6.07, 6.45) is 2.58. The SMILES string of the molecule is O=C([O-])CCC(=O)Nc1n[nH]c(-c2ccc(F)cc2)c1-c1ccncc1.[Na+]. The number of carbonyl (C=O) groups is 2. The van der Waals surface area contributed by atoms with Crippen molar-refractivity contribution in [2.75, 3.05) is 5.32 Å². The van der Waals surface area contributed by atoms with Crippen molar-refractivity contribution in [2.24, 2.45) is 0 Å². The fourth-order valence-corrected chi connectivity index (χ4v) is 2.47. The minimum Gasteiger partial charge on any atom is -0.550 e. The van der Waals surface area contributed by atoms with E-state index in [4.69, 9.17) is 0 Å². The zero-order chi connectivity index (χ0) is 18.5. The number of aromatic amines is 1. The first-order chi connectivity index (χ1) is 12.5. The van der Waals surface area contributed by atoms with Crippen molar-refractivity contribution in [3.05, 3.63) is 54.6 Å². The molecule has 0 saturated heterocycles. The molecule has 132 valence electrons. The van der Waals surface area contributed by atoms with Crippen LogP contribution in [0.2, 0.25) is 0 Å². The standard InChI is InChI=1S/C18H15FN4O3.Na/c19-13-3-1-12(2-4-13)17-16(11-7-9-20-10-8-11)18(23-22-17)21-14(24)5-6-15(25)26;/h1-4,7-10H,5-6H2,(H,25,26)(H2,21,22,23,24);/q;+1/p-1. The summed E-state index contributed by atoms with van der Waals surface area (Å²) in [5, 5.41) is 20.1. The summed E-state index contributed by atoms with van der Waals surface area (Å²) in [5.74, 6) is -1.92. The average Bonchev–Trinajstić information content (AvgIpc) is 3.05. The molecular weight excluding hydrogens is 362 g/mol. The third-order valence-electron chi connectivity index (χ3n) is 3.68. The summed E-state index contributed by atoms with van der Waals surface area (Å²) >= 11 is 0. The molecule has 0 spiro atoms. The van der Waals surface area contributed by atoms with E-state index in [9.17, 15) is 19.1 Å². The van der Waals surface area contributed by atoms with E-state index in [0.717, 1.165) is 5.56 Å². The van der Waals surface area contributed by atoms with E-state index >= 15 is 0 Å². The van der Waals surface area contributed by atoms with Gasteiger partial charge < -0.3 is 15.2 Å². The van der Waals surface area contributed by atoms with E-state index < -0.39 is 11.9 Å². The molecule has 2 aromatic heterocycles. The number of hydrogen-bond donors (Lipinski definition) is 2. The number of carboxylic acid groups (broad SMARTS) is 1. The fraction of sp³-hybridized carbons (Fsp3) is 0.111. The van der Waals surface area contributed by atoms with Crippen LogP contribution < -0.4 is 40.0 Å². The zero-order valence-corrected chi connectivity index (χ0v) is 16.5. The van der Waals surface area contributed by atoms with Gasteiger partial charge in [-0.15, -0.1) is 0 Å². The van der Waals surface area contributed by atoms with Crippen LogP contribution in [-0.2, 0) is 9.59 Å². The van der Waals surface area contributed by atoms with E-state index in [2.05, 4.69) is 20.5 Å². The number of halogens is 1. The number of nitrogens with zero attached hydrogens (tertiary/aromatic N) is 2. The smallest absolute Gasteiger partial charge is 0.550 e. The van der Waals surface area contributed by atoms with Crippen LogP contribution in [0.5, 0.6) is 0 Å². The van der Waals surface area contributed by atoms with E-state index in [1.807, 2.05) is 0 Å². The van der Waals surface area contributed by atoms with E-state index in [0.29, 0.717) is 16.8 Å². The zero-order valence-electron chi connectivity index (χ0n) is 14.5. The Kier molecular flexibility index (Phi) is 7.23. The topological polar surface area (TPSA) is 111 Å². The summed E-state index contributed by atoms with van der Waals surface area (Å²) in [5.41, 5.74) is 2.61. The Balaban J connectivity index is 0.00000261. The van der Waals surface area contributed by atoms with Crippen LogP contribution in [-0.4, -0.2) is 27.1 Å². The number of nitrogens with one attached hydrogen (secondary N) is 2. The fourth-order valence-electron chi connectivity index (χ4n) is 2.47. The molecule has 0 saturated carbocycles. The van der Waals surface area contributed by atoms with Gasteiger partial charge in [-0.05, 0) is 48.4 Å². The van der Waals surface area contributed by atoms with Crippen molar-refractivity contribution in [3.8, 4) is 22.4 Å². The normalized spacial score (nSPS) is 10.1. The van der Waals surface area contributed by atoms with Crippen LogP contribution in [0.4, 0.5) is 10.2 Å². The van der Waals surface area contributed by atoms with Crippen LogP contribution in [0.1, 0.15) is 12.8 Å². The molecule has 7 nitrogen and oxygen atoms in total. The van der Waals surface area contributed by atoms with Gasteiger partial charge >= 0.3 is 29.6 Å². The van der Waals surface area contributed by atoms with Gasteiger partial charge in [0.1, 0.15) is 5.82 Å². The number of aromatic nitrogens is 3. The molecule has 1 aromatic carbocycles. The molecule has 9 heteroatoms. The van der Waals surface area contributed by atoms with Crippen LogP contribution in [0.3, 0.4) is 0 Å². The van der Waals surface area contributed by atoms with Gasteiger partial charge in [0, 0.05) is 30.3 Å². The maximum Gasteiger partial charge on any atom is 1.00 e. The van der Waals surface area contributed by atoms with Gasteiger partial charge in [0.2, 0.25) is 5.91 Å². The van der Waals surface area contributed by atoms with Gasteiger partial charge in [0.15, 0.2) is 5.82 Å². The maximum atomic E-state index is 13.2. The number of amides is 1. The summed E-state index contributed by atoms with van der Waals surface area (Å²) < 4.78 is 13.2. The monoisotopic (exact) mass is 376 g/mol. The number of benzene rings is 1. The largest absolute Gasteiger partial charge is 1.00 e. The Morgan fingerprint density at radius 1 is 1.04 bits per heavy atom. The first kappa shape index (κ1) is 20.8. The van der Waals surface area contributed by atoms with Gasteiger partial charge in [-0.1, -0.05) is 0 Å². The predicted octanol–water partition coefficient (Wildman–Crippen LogP) is -1.25. The molecule has 2 heterocycles. The van der Waals surface area contributed by atoms with Crippen molar-refractivity contribution >= 4 is 17.7 Å². The van der Waals surface area contributed by atoms with Crippen LogP contribution in [0, 0.1) is 5.82 Å². The van der Waals surface area contributed by atoms with Crippen molar-refractivity contribution < 1.29 is 48.6 Å². The van der Waals surface area contributed by atoms with E-state index in [1.165, 1.54) is 12.1 Å². The molecule has 0 bridgehead atoms. The van der Waals surface area contributed by atoms with Gasteiger partial charge in [-0.3, -0.25) is 14.9 Å². The molecule has 0 fully saturated rings. The quantitative estimate of drug-likeness (QED) is 0.523. The van der Waals surface area contributed by atoms with Crippen molar-refractivity contribution in [3.63, 3.8) is 0 Å². The summed E-state index contributed by atoms with van der Waals surface area (Å²) in [4.78, 5) is 26.5. The van der Waals surface area contributed by atoms with Crippen LogP contribution >= 0.6 is 0 Å². The second-order valence-electron chi connectivity index (χ2n) is 5.49. The third-order valence-corrected chi connectivity index (χ3v) is 3.68. The second-order valence-corrected chi connectivity index (χ2v) is 5.49. The van der Waals surface area contributed by atoms with Gasteiger partial charge in [-0.2, -0.15) is 5.10 Å². The Bertz CT molecular complexity index is 930. The molecule has 1 amide bonds.